The van der Waals surface area contributed by atoms with Gasteiger partial charge in [0, 0.05) is 17.8 Å². The summed E-state index contributed by atoms with van der Waals surface area (Å²) >= 11 is 0. The third kappa shape index (κ3) is 4.14. The number of hydrogen-bond acceptors (Lipinski definition) is 2. The Morgan fingerprint density at radius 1 is 1.40 bits per heavy atom. The van der Waals surface area contributed by atoms with Crippen molar-refractivity contribution in [2.24, 2.45) is 0 Å². The van der Waals surface area contributed by atoms with E-state index in [1.807, 2.05) is 13.0 Å². The van der Waals surface area contributed by atoms with E-state index < -0.39 is 6.61 Å². The molecule has 0 saturated heterocycles. The molecule has 1 aromatic carbocycles. The van der Waals surface area contributed by atoms with E-state index in [4.69, 9.17) is 0 Å². The normalized spacial score (nSPS) is 12.6. The molecule has 0 bridgehead atoms. The average molecular weight is 215 g/mol. The van der Waals surface area contributed by atoms with Crippen molar-refractivity contribution in [3.05, 3.63) is 24.3 Å². The summed E-state index contributed by atoms with van der Waals surface area (Å²) < 4.78 is 28.2. The Labute approximate surface area is 88.3 Å². The molecule has 15 heavy (non-hydrogen) atoms. The molecule has 0 fully saturated rings. The molecule has 1 rings (SSSR count). The van der Waals surface area contributed by atoms with Crippen LogP contribution in [-0.2, 0) is 0 Å². The Balaban J connectivity index is 2.65. The summed E-state index contributed by atoms with van der Waals surface area (Å²) in [5.41, 5.74) is 0.794. The molecule has 1 unspecified atom stereocenters. The number of rotatable bonds is 5. The predicted molar refractivity (Wildman–Crippen MR) is 56.4 cm³/mol. The van der Waals surface area contributed by atoms with E-state index in [2.05, 4.69) is 17.0 Å². The first-order chi connectivity index (χ1) is 7.11. The van der Waals surface area contributed by atoms with E-state index in [-0.39, 0.29) is 5.75 Å². The Bertz CT molecular complexity index is 304. The Hall–Kier alpha value is -1.32. The van der Waals surface area contributed by atoms with Gasteiger partial charge in [0.2, 0.25) is 0 Å². The molecule has 0 radical (unpaired) electrons. The van der Waals surface area contributed by atoms with E-state index in [1.165, 1.54) is 6.07 Å². The lowest BCUT2D eigenvalue weighted by molar-refractivity contribution is -0.0498. The highest BCUT2D eigenvalue weighted by Crippen LogP contribution is 2.20. The van der Waals surface area contributed by atoms with Crippen molar-refractivity contribution < 1.29 is 13.5 Å². The van der Waals surface area contributed by atoms with Gasteiger partial charge in [-0.15, -0.1) is 0 Å². The van der Waals surface area contributed by atoms with E-state index in [0.29, 0.717) is 6.04 Å². The molecular weight excluding hydrogens is 200 g/mol. The lowest BCUT2D eigenvalue weighted by Crippen LogP contribution is -2.13. The van der Waals surface area contributed by atoms with Gasteiger partial charge in [0.05, 0.1) is 0 Å². The number of halogens is 2. The number of anilines is 1. The fraction of sp³-hybridized carbons (Fsp3) is 0.455. The first kappa shape index (κ1) is 11.8. The second-order valence-corrected chi connectivity index (χ2v) is 3.36. The molecule has 0 aliphatic heterocycles. The second kappa shape index (κ2) is 5.53. The molecule has 0 aliphatic carbocycles. The summed E-state index contributed by atoms with van der Waals surface area (Å²) in [5.74, 6) is 0.179. The molecule has 1 atom stereocenters. The van der Waals surface area contributed by atoms with Crippen molar-refractivity contribution in [2.75, 3.05) is 5.32 Å². The Morgan fingerprint density at radius 3 is 2.73 bits per heavy atom. The third-order valence-electron chi connectivity index (χ3n) is 2.08. The Kier molecular flexibility index (Phi) is 4.34. The molecule has 0 heterocycles. The van der Waals surface area contributed by atoms with Crippen LogP contribution in [0.2, 0.25) is 0 Å². The zero-order valence-electron chi connectivity index (χ0n) is 8.84. The van der Waals surface area contributed by atoms with Crippen molar-refractivity contribution in [1.82, 2.24) is 0 Å². The summed E-state index contributed by atoms with van der Waals surface area (Å²) in [7, 11) is 0. The van der Waals surface area contributed by atoms with Gasteiger partial charge >= 0.3 is 6.61 Å². The van der Waals surface area contributed by atoms with Gasteiger partial charge in [0.1, 0.15) is 5.75 Å². The fourth-order valence-electron chi connectivity index (χ4n) is 1.15. The molecule has 1 aromatic rings. The molecule has 0 amide bonds. The highest BCUT2D eigenvalue weighted by Gasteiger charge is 2.05. The molecular formula is C11H15F2NO. The van der Waals surface area contributed by atoms with Crippen LogP contribution in [0.4, 0.5) is 14.5 Å². The summed E-state index contributed by atoms with van der Waals surface area (Å²) in [4.78, 5) is 0. The van der Waals surface area contributed by atoms with Crippen LogP contribution in [-0.4, -0.2) is 12.7 Å². The standard InChI is InChI=1S/C11H15F2NO/c1-3-8(2)14-9-5-4-6-10(7-9)15-11(12)13/h4-8,11,14H,3H2,1-2H3. The topological polar surface area (TPSA) is 21.3 Å². The maximum absolute atomic E-state index is 11.9. The van der Waals surface area contributed by atoms with Gasteiger partial charge < -0.3 is 10.1 Å². The van der Waals surface area contributed by atoms with Crippen molar-refractivity contribution in [3.8, 4) is 5.75 Å². The lowest BCUT2D eigenvalue weighted by atomic mass is 10.2. The van der Waals surface area contributed by atoms with Crippen LogP contribution in [0.5, 0.6) is 5.75 Å². The first-order valence-corrected chi connectivity index (χ1v) is 4.93. The number of alkyl halides is 2. The third-order valence-corrected chi connectivity index (χ3v) is 2.08. The average Bonchev–Trinajstić information content (AvgIpc) is 2.17. The summed E-state index contributed by atoms with van der Waals surface area (Å²) in [6.07, 6.45) is 0.972. The summed E-state index contributed by atoms with van der Waals surface area (Å²) in [5, 5.41) is 3.18. The summed E-state index contributed by atoms with van der Waals surface area (Å²) in [6, 6.07) is 6.89. The van der Waals surface area contributed by atoms with Crippen molar-refractivity contribution >= 4 is 5.69 Å². The predicted octanol–water partition coefficient (Wildman–Crippen LogP) is 3.50. The zero-order valence-corrected chi connectivity index (χ0v) is 8.84. The molecule has 84 valence electrons. The fourth-order valence-corrected chi connectivity index (χ4v) is 1.15. The van der Waals surface area contributed by atoms with Crippen LogP contribution in [0.1, 0.15) is 20.3 Å². The van der Waals surface area contributed by atoms with Crippen molar-refractivity contribution in [2.45, 2.75) is 32.9 Å². The number of benzene rings is 1. The first-order valence-electron chi connectivity index (χ1n) is 4.93. The maximum atomic E-state index is 11.9. The number of ether oxygens (including phenoxy) is 1. The number of nitrogens with one attached hydrogen (secondary N) is 1. The highest BCUT2D eigenvalue weighted by atomic mass is 19.3. The van der Waals surface area contributed by atoms with Gasteiger partial charge in [-0.1, -0.05) is 13.0 Å². The molecule has 1 N–H and O–H groups in total. The molecule has 2 nitrogen and oxygen atoms in total. The van der Waals surface area contributed by atoms with Crippen LogP contribution in [0, 0.1) is 0 Å². The monoisotopic (exact) mass is 215 g/mol. The van der Waals surface area contributed by atoms with Gasteiger partial charge in [0.15, 0.2) is 0 Å². The Morgan fingerprint density at radius 2 is 2.13 bits per heavy atom. The van der Waals surface area contributed by atoms with Gasteiger partial charge in [-0.2, -0.15) is 8.78 Å². The molecule has 0 aromatic heterocycles. The minimum absolute atomic E-state index is 0.179. The molecule has 0 spiro atoms. The lowest BCUT2D eigenvalue weighted by Gasteiger charge is -2.13. The maximum Gasteiger partial charge on any atom is 0.387 e. The van der Waals surface area contributed by atoms with E-state index in [0.717, 1.165) is 12.1 Å². The molecule has 0 aliphatic rings. The van der Waals surface area contributed by atoms with Crippen LogP contribution in [0.25, 0.3) is 0 Å². The van der Waals surface area contributed by atoms with Gasteiger partial charge in [-0.05, 0) is 25.5 Å². The number of hydrogen-bond donors (Lipinski definition) is 1. The molecule has 4 heteroatoms. The van der Waals surface area contributed by atoms with E-state index >= 15 is 0 Å². The van der Waals surface area contributed by atoms with E-state index in [9.17, 15) is 8.78 Å². The second-order valence-electron chi connectivity index (χ2n) is 3.36. The van der Waals surface area contributed by atoms with E-state index in [1.54, 1.807) is 12.1 Å². The van der Waals surface area contributed by atoms with Crippen LogP contribution in [0.15, 0.2) is 24.3 Å². The largest absolute Gasteiger partial charge is 0.435 e. The minimum atomic E-state index is -2.77. The highest BCUT2D eigenvalue weighted by molar-refractivity contribution is 5.48. The SMILES string of the molecule is CCC(C)Nc1cccc(OC(F)F)c1. The van der Waals surface area contributed by atoms with Crippen molar-refractivity contribution in [1.29, 1.82) is 0 Å². The van der Waals surface area contributed by atoms with Crippen LogP contribution < -0.4 is 10.1 Å². The van der Waals surface area contributed by atoms with Crippen LogP contribution >= 0.6 is 0 Å². The van der Waals surface area contributed by atoms with Crippen LogP contribution in [0.3, 0.4) is 0 Å². The van der Waals surface area contributed by atoms with Gasteiger partial charge in [0.25, 0.3) is 0 Å². The van der Waals surface area contributed by atoms with Gasteiger partial charge in [-0.3, -0.25) is 0 Å². The summed E-state index contributed by atoms with van der Waals surface area (Å²) in [6.45, 7) is 1.31. The van der Waals surface area contributed by atoms with Crippen molar-refractivity contribution in [3.63, 3.8) is 0 Å². The molecule has 0 saturated carbocycles. The quantitative estimate of drug-likeness (QED) is 0.811. The minimum Gasteiger partial charge on any atom is -0.435 e. The smallest absolute Gasteiger partial charge is 0.387 e. The van der Waals surface area contributed by atoms with Gasteiger partial charge in [-0.25, -0.2) is 0 Å². The zero-order chi connectivity index (χ0) is 11.3.